The topological polar surface area (TPSA) is 92.4 Å². The lowest BCUT2D eigenvalue weighted by Crippen LogP contribution is -2.22. The van der Waals surface area contributed by atoms with E-state index in [2.05, 4.69) is 12.2 Å². The minimum Gasteiger partial charge on any atom is -0.478 e. The Labute approximate surface area is 106 Å². The normalized spacial score (nSPS) is 10.1. The van der Waals surface area contributed by atoms with E-state index in [0.717, 1.165) is 31.2 Å². The summed E-state index contributed by atoms with van der Waals surface area (Å²) in [5.74, 6) is -1.07. The second-order valence-corrected chi connectivity index (χ2v) is 4.09. The monoisotopic (exact) mass is 250 g/mol. The second-order valence-electron chi connectivity index (χ2n) is 4.09. The number of urea groups is 1. The van der Waals surface area contributed by atoms with Crippen molar-refractivity contribution in [3.8, 4) is 0 Å². The van der Waals surface area contributed by atoms with Crippen molar-refractivity contribution in [2.24, 2.45) is 5.73 Å². The van der Waals surface area contributed by atoms with Crippen molar-refractivity contribution >= 4 is 17.7 Å². The summed E-state index contributed by atoms with van der Waals surface area (Å²) in [5, 5.41) is 11.5. The lowest BCUT2D eigenvalue weighted by molar-refractivity contribution is 0.0698. The number of nitrogens with two attached hydrogens (primary N) is 1. The highest BCUT2D eigenvalue weighted by atomic mass is 16.4. The number of carbonyl (C=O) groups is 2. The molecule has 4 N–H and O–H groups in total. The quantitative estimate of drug-likeness (QED) is 0.677. The van der Waals surface area contributed by atoms with Gasteiger partial charge in [-0.1, -0.05) is 31.9 Å². The first-order chi connectivity index (χ1) is 8.56. The molecule has 0 saturated heterocycles. The lowest BCUT2D eigenvalue weighted by atomic mass is 10.0. The molecule has 0 bridgehead atoms. The molecule has 1 aromatic rings. The number of benzene rings is 1. The second kappa shape index (κ2) is 6.64. The molecule has 0 fully saturated rings. The number of carboxylic acid groups (broad SMARTS) is 1. The van der Waals surface area contributed by atoms with Crippen LogP contribution in [0.25, 0.3) is 0 Å². The number of carboxylic acids is 1. The molecule has 2 amide bonds. The van der Waals surface area contributed by atoms with Crippen LogP contribution in [0.4, 0.5) is 10.5 Å². The molecule has 0 radical (unpaired) electrons. The van der Waals surface area contributed by atoms with Crippen molar-refractivity contribution in [3.05, 3.63) is 29.3 Å². The van der Waals surface area contributed by atoms with Crippen molar-refractivity contribution in [1.82, 2.24) is 0 Å². The minimum absolute atomic E-state index is 0.0720. The van der Waals surface area contributed by atoms with Gasteiger partial charge in [0.2, 0.25) is 0 Å². The Bertz CT molecular complexity index is 444. The van der Waals surface area contributed by atoms with Crippen LogP contribution < -0.4 is 11.1 Å². The molecular weight excluding hydrogens is 232 g/mol. The zero-order chi connectivity index (χ0) is 13.5. The first kappa shape index (κ1) is 14.0. The summed E-state index contributed by atoms with van der Waals surface area (Å²) >= 11 is 0. The van der Waals surface area contributed by atoms with E-state index in [1.807, 2.05) is 6.07 Å². The minimum atomic E-state index is -1.07. The molecule has 1 aromatic carbocycles. The molecule has 0 aliphatic rings. The number of primary amides is 1. The Kier molecular flexibility index (Phi) is 5.17. The van der Waals surface area contributed by atoms with Gasteiger partial charge in [0.25, 0.3) is 0 Å². The SMILES string of the molecule is CCCCCc1cccc(C(=O)O)c1NC(N)=O. The van der Waals surface area contributed by atoms with E-state index in [4.69, 9.17) is 10.8 Å². The Morgan fingerprint density at radius 3 is 2.61 bits per heavy atom. The first-order valence-electron chi connectivity index (χ1n) is 5.98. The third-order valence-electron chi connectivity index (χ3n) is 2.68. The molecule has 5 nitrogen and oxygen atoms in total. The van der Waals surface area contributed by atoms with Gasteiger partial charge in [0.1, 0.15) is 0 Å². The van der Waals surface area contributed by atoms with Crippen LogP contribution in [-0.4, -0.2) is 17.1 Å². The highest BCUT2D eigenvalue weighted by Gasteiger charge is 2.14. The van der Waals surface area contributed by atoms with Crippen LogP contribution in [0.1, 0.15) is 42.1 Å². The fourth-order valence-corrected chi connectivity index (χ4v) is 1.82. The highest BCUT2D eigenvalue weighted by molar-refractivity contribution is 6.00. The number of carbonyl (C=O) groups excluding carboxylic acids is 1. The largest absolute Gasteiger partial charge is 0.478 e. The number of unbranched alkanes of at least 4 members (excludes halogenated alkanes) is 2. The third kappa shape index (κ3) is 3.76. The Hall–Kier alpha value is -2.04. The molecule has 0 spiro atoms. The Morgan fingerprint density at radius 1 is 1.33 bits per heavy atom. The van der Waals surface area contributed by atoms with E-state index in [9.17, 15) is 9.59 Å². The summed E-state index contributed by atoms with van der Waals surface area (Å²) in [6.07, 6.45) is 3.82. The summed E-state index contributed by atoms with van der Waals surface area (Å²) in [5.41, 5.74) is 6.27. The van der Waals surface area contributed by atoms with Gasteiger partial charge in [-0.2, -0.15) is 0 Å². The van der Waals surface area contributed by atoms with Crippen LogP contribution >= 0.6 is 0 Å². The van der Waals surface area contributed by atoms with Crippen LogP contribution in [0.5, 0.6) is 0 Å². The van der Waals surface area contributed by atoms with E-state index in [1.165, 1.54) is 6.07 Å². The fourth-order valence-electron chi connectivity index (χ4n) is 1.82. The van der Waals surface area contributed by atoms with Crippen molar-refractivity contribution in [2.45, 2.75) is 32.6 Å². The number of hydrogen-bond acceptors (Lipinski definition) is 2. The molecule has 98 valence electrons. The van der Waals surface area contributed by atoms with Crippen molar-refractivity contribution < 1.29 is 14.7 Å². The first-order valence-corrected chi connectivity index (χ1v) is 5.98. The number of hydrogen-bond donors (Lipinski definition) is 3. The number of rotatable bonds is 6. The molecular formula is C13H18N2O3. The molecule has 0 heterocycles. The average Bonchev–Trinajstić information content (AvgIpc) is 2.30. The molecule has 0 aliphatic heterocycles. The van der Waals surface area contributed by atoms with Gasteiger partial charge in [0.05, 0.1) is 11.3 Å². The predicted octanol–water partition coefficient (Wildman–Crippen LogP) is 2.61. The molecule has 0 aliphatic carbocycles. The zero-order valence-electron chi connectivity index (χ0n) is 10.4. The summed E-state index contributed by atoms with van der Waals surface area (Å²) in [6, 6.07) is 4.20. The molecule has 5 heteroatoms. The Balaban J connectivity index is 3.03. The molecule has 0 unspecified atom stereocenters. The van der Waals surface area contributed by atoms with Crippen molar-refractivity contribution in [2.75, 3.05) is 5.32 Å². The maximum absolute atomic E-state index is 11.1. The number of para-hydroxylation sites is 1. The van der Waals surface area contributed by atoms with Gasteiger partial charge >= 0.3 is 12.0 Å². The molecule has 0 saturated carbocycles. The number of aromatic carboxylic acids is 1. The van der Waals surface area contributed by atoms with Gasteiger partial charge in [0.15, 0.2) is 0 Å². The maximum Gasteiger partial charge on any atom is 0.337 e. The van der Waals surface area contributed by atoms with Gasteiger partial charge in [-0.25, -0.2) is 9.59 Å². The standard InChI is InChI=1S/C13H18N2O3/c1-2-3-4-6-9-7-5-8-10(12(16)17)11(9)15-13(14)18/h5,7-8H,2-4,6H2,1H3,(H,16,17)(H3,14,15,18). The predicted molar refractivity (Wildman–Crippen MR) is 69.8 cm³/mol. The highest BCUT2D eigenvalue weighted by Crippen LogP contribution is 2.23. The van der Waals surface area contributed by atoms with Gasteiger partial charge in [0, 0.05) is 0 Å². The van der Waals surface area contributed by atoms with Crippen molar-refractivity contribution in [1.29, 1.82) is 0 Å². The van der Waals surface area contributed by atoms with E-state index in [-0.39, 0.29) is 5.56 Å². The average molecular weight is 250 g/mol. The maximum atomic E-state index is 11.1. The van der Waals surface area contributed by atoms with Gasteiger partial charge in [-0.3, -0.25) is 0 Å². The van der Waals surface area contributed by atoms with Crippen LogP contribution in [0.15, 0.2) is 18.2 Å². The van der Waals surface area contributed by atoms with Crippen LogP contribution in [0.2, 0.25) is 0 Å². The van der Waals surface area contributed by atoms with E-state index < -0.39 is 12.0 Å². The number of aryl methyl sites for hydroxylation is 1. The summed E-state index contributed by atoms with van der Waals surface area (Å²) < 4.78 is 0. The molecule has 0 atom stereocenters. The summed E-state index contributed by atoms with van der Waals surface area (Å²) in [7, 11) is 0. The van der Waals surface area contributed by atoms with Crippen LogP contribution in [0, 0.1) is 0 Å². The smallest absolute Gasteiger partial charge is 0.337 e. The molecule has 1 rings (SSSR count). The van der Waals surface area contributed by atoms with Crippen molar-refractivity contribution in [3.63, 3.8) is 0 Å². The number of amides is 2. The van der Waals surface area contributed by atoms with Gasteiger partial charge < -0.3 is 16.2 Å². The van der Waals surface area contributed by atoms with E-state index in [1.54, 1.807) is 6.07 Å². The van der Waals surface area contributed by atoms with Crippen LogP contribution in [0.3, 0.4) is 0 Å². The third-order valence-corrected chi connectivity index (χ3v) is 2.68. The molecule has 0 aromatic heterocycles. The Morgan fingerprint density at radius 2 is 2.06 bits per heavy atom. The summed E-state index contributed by atoms with van der Waals surface area (Å²) in [6.45, 7) is 2.09. The van der Waals surface area contributed by atoms with E-state index >= 15 is 0 Å². The van der Waals surface area contributed by atoms with Gasteiger partial charge in [-0.05, 0) is 24.5 Å². The number of anilines is 1. The van der Waals surface area contributed by atoms with Crippen LogP contribution in [-0.2, 0) is 6.42 Å². The molecule has 18 heavy (non-hydrogen) atoms. The lowest BCUT2D eigenvalue weighted by Gasteiger charge is -2.12. The number of nitrogens with one attached hydrogen (secondary N) is 1. The zero-order valence-corrected chi connectivity index (χ0v) is 10.4. The fraction of sp³-hybridized carbons (Fsp3) is 0.385. The summed E-state index contributed by atoms with van der Waals surface area (Å²) in [4.78, 5) is 22.0. The van der Waals surface area contributed by atoms with Gasteiger partial charge in [-0.15, -0.1) is 0 Å². The van der Waals surface area contributed by atoms with E-state index in [0.29, 0.717) is 5.69 Å².